The number of benzene rings is 1. The molecule has 0 bridgehead atoms. The molecule has 1 aromatic rings. The van der Waals surface area contributed by atoms with Gasteiger partial charge in [-0.25, -0.2) is 0 Å². The fourth-order valence-electron chi connectivity index (χ4n) is 0.884. The fourth-order valence-corrected chi connectivity index (χ4v) is 1.43. The molecule has 5 heteroatoms. The monoisotopic (exact) mass is 304 g/mol. The Morgan fingerprint density at radius 2 is 2.14 bits per heavy atom. The smallest absolute Gasteiger partial charge is 0.251 e. The van der Waals surface area contributed by atoms with E-state index in [4.69, 9.17) is 0 Å². The molecule has 1 aromatic carbocycles. The van der Waals surface area contributed by atoms with Gasteiger partial charge in [0, 0.05) is 9.13 Å². The maximum absolute atomic E-state index is 11.3. The van der Waals surface area contributed by atoms with Crippen molar-refractivity contribution in [3.05, 3.63) is 33.4 Å². The molecule has 1 N–H and O–H groups in total. The van der Waals surface area contributed by atoms with Gasteiger partial charge in [-0.1, -0.05) is 6.07 Å². The third-order valence-corrected chi connectivity index (χ3v) is 2.15. The summed E-state index contributed by atoms with van der Waals surface area (Å²) < 4.78 is 0.920. The van der Waals surface area contributed by atoms with Gasteiger partial charge in [-0.2, -0.15) is 0 Å². The van der Waals surface area contributed by atoms with E-state index < -0.39 is 18.4 Å². The Balaban J connectivity index is 2.65. The molecule has 0 aliphatic heterocycles. The summed E-state index contributed by atoms with van der Waals surface area (Å²) in [5.41, 5.74) is 0.443. The highest BCUT2D eigenvalue weighted by molar-refractivity contribution is 14.1. The van der Waals surface area contributed by atoms with Gasteiger partial charge >= 0.3 is 0 Å². The van der Waals surface area contributed by atoms with Crippen LogP contribution in [0.1, 0.15) is 10.4 Å². The summed E-state index contributed by atoms with van der Waals surface area (Å²) in [5.74, 6) is -1.71. The first-order chi connectivity index (χ1) is 6.59. The molecule has 0 aromatic heterocycles. The average molecular weight is 304 g/mol. The van der Waals surface area contributed by atoms with Gasteiger partial charge in [0.1, 0.15) is 0 Å². The van der Waals surface area contributed by atoms with E-state index in [1.807, 2.05) is 6.07 Å². The molecule has 74 valence electrons. The molecule has 0 atom stereocenters. The zero-order valence-electron chi connectivity index (χ0n) is 7.12. The van der Waals surface area contributed by atoms with Gasteiger partial charge in [0.05, 0.1) is 12.5 Å². The van der Waals surface area contributed by atoms with Crippen LogP contribution in [-0.2, 0) is 4.79 Å². The lowest BCUT2D eigenvalue weighted by Crippen LogP contribution is -2.37. The third-order valence-electron chi connectivity index (χ3n) is 1.48. The largest absolute Gasteiger partial charge is 0.548 e. The molecular weight excluding hydrogens is 297 g/mol. The molecule has 0 fully saturated rings. The van der Waals surface area contributed by atoms with E-state index in [-0.39, 0.29) is 0 Å². The molecule has 0 heterocycles. The standard InChI is InChI=1S/C9H8INO3/c10-7-3-1-2-6(4-7)9(14)11-5-8(12)13/h1-4H,5H2,(H,11,14)(H,12,13)/p-1. The minimum absolute atomic E-state index is 0.410. The number of carbonyl (C=O) groups is 2. The average Bonchev–Trinajstić information content (AvgIpc) is 2.14. The van der Waals surface area contributed by atoms with Gasteiger partial charge < -0.3 is 15.2 Å². The molecule has 1 amide bonds. The summed E-state index contributed by atoms with van der Waals surface area (Å²) in [6, 6.07) is 6.86. The summed E-state index contributed by atoms with van der Waals surface area (Å²) in [6.07, 6.45) is 0. The van der Waals surface area contributed by atoms with Gasteiger partial charge in [-0.3, -0.25) is 4.79 Å². The van der Waals surface area contributed by atoms with Crippen LogP contribution in [0.3, 0.4) is 0 Å². The summed E-state index contributed by atoms with van der Waals surface area (Å²) >= 11 is 2.07. The topological polar surface area (TPSA) is 69.2 Å². The van der Waals surface area contributed by atoms with Crippen molar-refractivity contribution in [1.82, 2.24) is 5.32 Å². The Kier molecular flexibility index (Phi) is 3.87. The number of carboxylic acid groups (broad SMARTS) is 1. The van der Waals surface area contributed by atoms with Crippen molar-refractivity contribution in [3.8, 4) is 0 Å². The molecule has 0 spiro atoms. The van der Waals surface area contributed by atoms with E-state index in [0.717, 1.165) is 3.57 Å². The first-order valence-electron chi connectivity index (χ1n) is 3.83. The third kappa shape index (κ3) is 3.33. The predicted octanol–water partition coefficient (Wildman–Crippen LogP) is -0.229. The Hall–Kier alpha value is -1.11. The number of nitrogens with one attached hydrogen (secondary N) is 1. The number of amides is 1. The lowest BCUT2D eigenvalue weighted by molar-refractivity contribution is -0.303. The number of carbonyl (C=O) groups excluding carboxylic acids is 2. The quantitative estimate of drug-likeness (QED) is 0.784. The van der Waals surface area contributed by atoms with E-state index in [0.29, 0.717) is 5.56 Å². The first kappa shape index (κ1) is 11.0. The molecule has 0 saturated carbocycles. The predicted molar refractivity (Wildman–Crippen MR) is 56.5 cm³/mol. The van der Waals surface area contributed by atoms with Crippen LogP contribution in [0.25, 0.3) is 0 Å². The molecule has 4 nitrogen and oxygen atoms in total. The highest BCUT2D eigenvalue weighted by Gasteiger charge is 2.04. The Bertz CT molecular complexity index is 365. The van der Waals surface area contributed by atoms with E-state index >= 15 is 0 Å². The van der Waals surface area contributed by atoms with Crippen molar-refractivity contribution in [2.45, 2.75) is 0 Å². The molecular formula is C9H7INO3-. The van der Waals surface area contributed by atoms with Crippen LogP contribution < -0.4 is 10.4 Å². The van der Waals surface area contributed by atoms with Crippen LogP contribution in [0.4, 0.5) is 0 Å². The highest BCUT2D eigenvalue weighted by atomic mass is 127. The molecule has 1 rings (SSSR count). The second-order valence-corrected chi connectivity index (χ2v) is 3.81. The van der Waals surface area contributed by atoms with E-state index in [9.17, 15) is 14.7 Å². The molecule has 0 aliphatic rings. The number of hydrogen-bond donors (Lipinski definition) is 1. The molecule has 0 aliphatic carbocycles. The first-order valence-corrected chi connectivity index (χ1v) is 4.91. The highest BCUT2D eigenvalue weighted by Crippen LogP contribution is 2.07. The van der Waals surface area contributed by atoms with Crippen molar-refractivity contribution >= 4 is 34.5 Å². The maximum atomic E-state index is 11.3. The van der Waals surface area contributed by atoms with E-state index in [1.165, 1.54) is 0 Å². The summed E-state index contributed by atoms with van der Waals surface area (Å²) in [5, 5.41) is 12.3. The van der Waals surface area contributed by atoms with E-state index in [2.05, 4.69) is 27.9 Å². The summed E-state index contributed by atoms with van der Waals surface area (Å²) in [6.45, 7) is -0.468. The van der Waals surface area contributed by atoms with Gasteiger partial charge in [0.15, 0.2) is 0 Å². The maximum Gasteiger partial charge on any atom is 0.251 e. The number of aliphatic carboxylic acids is 1. The number of carboxylic acids is 1. The number of halogens is 1. The second-order valence-electron chi connectivity index (χ2n) is 2.57. The van der Waals surface area contributed by atoms with Gasteiger partial charge in [-0.05, 0) is 40.8 Å². The van der Waals surface area contributed by atoms with Crippen molar-refractivity contribution < 1.29 is 14.7 Å². The fraction of sp³-hybridized carbons (Fsp3) is 0.111. The van der Waals surface area contributed by atoms with Crippen LogP contribution in [-0.4, -0.2) is 18.4 Å². The zero-order valence-corrected chi connectivity index (χ0v) is 9.28. The van der Waals surface area contributed by atoms with Gasteiger partial charge in [0.2, 0.25) is 0 Å². The van der Waals surface area contributed by atoms with Crippen LogP contribution in [0.2, 0.25) is 0 Å². The lowest BCUT2D eigenvalue weighted by Gasteiger charge is -2.05. The lowest BCUT2D eigenvalue weighted by atomic mass is 10.2. The van der Waals surface area contributed by atoms with Crippen molar-refractivity contribution in [2.75, 3.05) is 6.54 Å². The van der Waals surface area contributed by atoms with Crippen LogP contribution in [0.15, 0.2) is 24.3 Å². The van der Waals surface area contributed by atoms with Crippen molar-refractivity contribution in [1.29, 1.82) is 0 Å². The zero-order chi connectivity index (χ0) is 10.6. The number of rotatable bonds is 3. The number of hydrogen-bond acceptors (Lipinski definition) is 3. The summed E-state index contributed by atoms with van der Waals surface area (Å²) in [7, 11) is 0. The van der Waals surface area contributed by atoms with Crippen LogP contribution >= 0.6 is 22.6 Å². The summed E-state index contributed by atoms with van der Waals surface area (Å²) in [4.78, 5) is 21.4. The van der Waals surface area contributed by atoms with Gasteiger partial charge in [-0.15, -0.1) is 0 Å². The second kappa shape index (κ2) is 4.94. The van der Waals surface area contributed by atoms with E-state index in [1.54, 1.807) is 18.2 Å². The Morgan fingerprint density at radius 1 is 1.43 bits per heavy atom. The van der Waals surface area contributed by atoms with Gasteiger partial charge in [0.25, 0.3) is 5.91 Å². The Morgan fingerprint density at radius 3 is 2.71 bits per heavy atom. The van der Waals surface area contributed by atoms with Crippen molar-refractivity contribution in [3.63, 3.8) is 0 Å². The molecule has 0 radical (unpaired) electrons. The van der Waals surface area contributed by atoms with Crippen molar-refractivity contribution in [2.24, 2.45) is 0 Å². The molecule has 14 heavy (non-hydrogen) atoms. The molecule has 0 saturated heterocycles. The SMILES string of the molecule is O=C([O-])CNC(=O)c1cccc(I)c1. The Labute approximate surface area is 94.5 Å². The molecule has 0 unspecified atom stereocenters. The van der Waals surface area contributed by atoms with Crippen LogP contribution in [0.5, 0.6) is 0 Å². The minimum Gasteiger partial charge on any atom is -0.548 e. The normalized spacial score (nSPS) is 9.50. The van der Waals surface area contributed by atoms with Crippen LogP contribution in [0, 0.1) is 3.57 Å². The minimum atomic E-state index is -1.30.